The largest absolute Gasteiger partial charge is 0.497 e. The monoisotopic (exact) mass is 409 g/mol. The summed E-state index contributed by atoms with van der Waals surface area (Å²) in [7, 11) is 4.16. The van der Waals surface area contributed by atoms with E-state index in [0.717, 1.165) is 0 Å². The molecule has 29 heavy (non-hydrogen) atoms. The molecule has 2 aromatic rings. The molecule has 0 saturated carbocycles. The summed E-state index contributed by atoms with van der Waals surface area (Å²) in [5, 5.41) is 6.78. The predicted molar refractivity (Wildman–Crippen MR) is 103 cm³/mol. The third kappa shape index (κ3) is 6.52. The first-order valence-corrected chi connectivity index (χ1v) is 8.37. The molecule has 0 bridgehead atoms. The summed E-state index contributed by atoms with van der Waals surface area (Å²) >= 11 is 0. The Hall–Kier alpha value is -3.56. The Morgan fingerprint density at radius 3 is 2.38 bits per heavy atom. The number of alkyl halides is 2. The van der Waals surface area contributed by atoms with E-state index in [1.54, 1.807) is 31.4 Å². The van der Waals surface area contributed by atoms with Crippen molar-refractivity contribution in [2.24, 2.45) is 5.10 Å². The summed E-state index contributed by atoms with van der Waals surface area (Å²) in [5.41, 5.74) is 3.52. The average Bonchev–Trinajstić information content (AvgIpc) is 2.72. The number of nitrogens with one attached hydrogen (secondary N) is 2. The molecule has 0 aliphatic carbocycles. The lowest BCUT2D eigenvalue weighted by Crippen LogP contribution is -2.25. The molecule has 10 heteroatoms. The molecule has 0 radical (unpaired) electrons. The molecular formula is C19H21F2N3O5. The molecule has 0 aromatic heterocycles. The van der Waals surface area contributed by atoms with Crippen LogP contribution in [0.5, 0.6) is 23.0 Å². The molecule has 0 unspecified atom stereocenters. The van der Waals surface area contributed by atoms with Gasteiger partial charge in [-0.2, -0.15) is 13.9 Å². The zero-order chi connectivity index (χ0) is 21.2. The molecule has 0 fully saturated rings. The number of hydrogen-bond donors (Lipinski definition) is 2. The first-order valence-electron chi connectivity index (χ1n) is 8.37. The molecule has 0 aliphatic rings. The van der Waals surface area contributed by atoms with Crippen LogP contribution in [0.4, 0.5) is 14.5 Å². The van der Waals surface area contributed by atoms with E-state index in [2.05, 4.69) is 20.6 Å². The summed E-state index contributed by atoms with van der Waals surface area (Å²) in [4.78, 5) is 11.9. The smallest absolute Gasteiger partial charge is 0.387 e. The highest BCUT2D eigenvalue weighted by atomic mass is 19.3. The van der Waals surface area contributed by atoms with Crippen LogP contribution in [0.3, 0.4) is 0 Å². The van der Waals surface area contributed by atoms with E-state index >= 15 is 0 Å². The van der Waals surface area contributed by atoms with E-state index in [9.17, 15) is 13.6 Å². The van der Waals surface area contributed by atoms with E-state index in [1.165, 1.54) is 32.6 Å². The van der Waals surface area contributed by atoms with Gasteiger partial charge in [-0.25, -0.2) is 5.43 Å². The lowest BCUT2D eigenvalue weighted by Gasteiger charge is -2.14. The maximum Gasteiger partial charge on any atom is 0.387 e. The number of halogens is 2. The van der Waals surface area contributed by atoms with Crippen LogP contribution in [-0.2, 0) is 4.79 Å². The van der Waals surface area contributed by atoms with Crippen LogP contribution in [0, 0.1) is 0 Å². The predicted octanol–water partition coefficient (Wildman–Crippen LogP) is 2.88. The quantitative estimate of drug-likeness (QED) is 0.463. The number of benzene rings is 2. The van der Waals surface area contributed by atoms with E-state index < -0.39 is 6.61 Å². The van der Waals surface area contributed by atoms with Crippen LogP contribution in [0.1, 0.15) is 5.56 Å². The number of anilines is 1. The van der Waals surface area contributed by atoms with Crippen molar-refractivity contribution < 1.29 is 32.5 Å². The van der Waals surface area contributed by atoms with Crippen LogP contribution in [0.25, 0.3) is 0 Å². The van der Waals surface area contributed by atoms with Gasteiger partial charge in [-0.3, -0.25) is 4.79 Å². The number of amides is 1. The van der Waals surface area contributed by atoms with Crippen molar-refractivity contribution in [1.29, 1.82) is 0 Å². The molecule has 0 atom stereocenters. The van der Waals surface area contributed by atoms with Gasteiger partial charge in [-0.1, -0.05) is 6.07 Å². The van der Waals surface area contributed by atoms with Gasteiger partial charge < -0.3 is 24.3 Å². The molecule has 0 heterocycles. The number of carbonyl (C=O) groups is 1. The summed E-state index contributed by atoms with van der Waals surface area (Å²) in [5.74, 6) is 0.124. The van der Waals surface area contributed by atoms with Gasteiger partial charge in [0.1, 0.15) is 5.75 Å². The molecule has 2 rings (SSSR count). The molecule has 1 amide bonds. The number of ether oxygens (including phenoxy) is 4. The Bertz CT molecular complexity index is 836. The normalized spacial score (nSPS) is 10.7. The number of hydrazone groups is 1. The minimum Gasteiger partial charge on any atom is -0.497 e. The van der Waals surface area contributed by atoms with Crippen molar-refractivity contribution in [3.05, 3.63) is 42.0 Å². The maximum atomic E-state index is 12.6. The van der Waals surface area contributed by atoms with Crippen molar-refractivity contribution in [1.82, 2.24) is 5.43 Å². The fourth-order valence-corrected chi connectivity index (χ4v) is 2.31. The molecule has 2 aromatic carbocycles. The third-order valence-corrected chi connectivity index (χ3v) is 3.62. The lowest BCUT2D eigenvalue weighted by atomic mass is 10.2. The standard InChI is InChI=1S/C19H21F2N3O5/c1-26-14-6-4-5-13(9-14)22-11-17(25)24-23-10-12-7-15(27-2)18(29-19(20)21)16(8-12)28-3/h4-10,19,22H,11H2,1-3H3,(H,24,25)/b23-10-. The number of methoxy groups -OCH3 is 3. The molecular weight excluding hydrogens is 388 g/mol. The summed E-state index contributed by atoms with van der Waals surface area (Å²) in [6.07, 6.45) is 1.32. The first-order chi connectivity index (χ1) is 14.0. The minimum atomic E-state index is -3.03. The SMILES string of the molecule is COc1cccc(NCC(=O)N/N=C\c2cc(OC)c(OC(F)F)c(OC)c2)c1. The van der Waals surface area contributed by atoms with Crippen LogP contribution in [0.2, 0.25) is 0 Å². The molecule has 0 aliphatic heterocycles. The summed E-state index contributed by atoms with van der Waals surface area (Å²) in [6.45, 7) is -3.05. The number of carbonyl (C=O) groups excluding carboxylic acids is 1. The molecule has 156 valence electrons. The van der Waals surface area contributed by atoms with E-state index in [-0.39, 0.29) is 29.7 Å². The highest BCUT2D eigenvalue weighted by Crippen LogP contribution is 2.39. The highest BCUT2D eigenvalue weighted by Gasteiger charge is 2.17. The fourth-order valence-electron chi connectivity index (χ4n) is 2.31. The van der Waals surface area contributed by atoms with Gasteiger partial charge in [0.15, 0.2) is 11.5 Å². The second-order valence-electron chi connectivity index (χ2n) is 5.51. The Morgan fingerprint density at radius 1 is 1.10 bits per heavy atom. The van der Waals surface area contributed by atoms with Crippen LogP contribution < -0.4 is 29.7 Å². The van der Waals surface area contributed by atoms with Gasteiger partial charge in [0.25, 0.3) is 5.91 Å². The summed E-state index contributed by atoms with van der Waals surface area (Å²) in [6, 6.07) is 9.96. The Balaban J connectivity index is 1.98. The first kappa shape index (κ1) is 21.7. The van der Waals surface area contributed by atoms with Gasteiger partial charge >= 0.3 is 6.61 Å². The average molecular weight is 409 g/mol. The number of nitrogens with zero attached hydrogens (tertiary/aromatic N) is 1. The van der Waals surface area contributed by atoms with Gasteiger partial charge in [0.05, 0.1) is 34.1 Å². The van der Waals surface area contributed by atoms with Crippen LogP contribution in [-0.4, -0.2) is 46.6 Å². The topological polar surface area (TPSA) is 90.4 Å². The molecule has 2 N–H and O–H groups in total. The zero-order valence-corrected chi connectivity index (χ0v) is 16.1. The van der Waals surface area contributed by atoms with E-state index in [1.807, 2.05) is 0 Å². The van der Waals surface area contributed by atoms with Gasteiger partial charge in [-0.15, -0.1) is 0 Å². The van der Waals surface area contributed by atoms with E-state index in [0.29, 0.717) is 17.0 Å². The van der Waals surface area contributed by atoms with Crippen LogP contribution >= 0.6 is 0 Å². The number of hydrogen-bond acceptors (Lipinski definition) is 7. The fraction of sp³-hybridized carbons (Fsp3) is 0.263. The van der Waals surface area contributed by atoms with Crippen molar-refractivity contribution in [2.75, 3.05) is 33.2 Å². The molecule has 0 saturated heterocycles. The van der Waals surface area contributed by atoms with Crippen molar-refractivity contribution in [3.8, 4) is 23.0 Å². The van der Waals surface area contributed by atoms with Gasteiger partial charge in [0, 0.05) is 17.3 Å². The second kappa shape index (κ2) is 10.7. The third-order valence-electron chi connectivity index (χ3n) is 3.62. The lowest BCUT2D eigenvalue weighted by molar-refractivity contribution is -0.119. The zero-order valence-electron chi connectivity index (χ0n) is 16.1. The van der Waals surface area contributed by atoms with E-state index in [4.69, 9.17) is 14.2 Å². The van der Waals surface area contributed by atoms with Gasteiger partial charge in [-0.05, 0) is 24.3 Å². The second-order valence-corrected chi connectivity index (χ2v) is 5.51. The van der Waals surface area contributed by atoms with Crippen molar-refractivity contribution in [3.63, 3.8) is 0 Å². The minimum absolute atomic E-state index is 0.0156. The Morgan fingerprint density at radius 2 is 1.79 bits per heavy atom. The van der Waals surface area contributed by atoms with Crippen molar-refractivity contribution >= 4 is 17.8 Å². The maximum absolute atomic E-state index is 12.6. The Kier molecular flexibility index (Phi) is 8.01. The molecule has 8 nitrogen and oxygen atoms in total. The molecule has 0 spiro atoms. The highest BCUT2D eigenvalue weighted by molar-refractivity contribution is 5.85. The number of rotatable bonds is 10. The van der Waals surface area contributed by atoms with Crippen LogP contribution in [0.15, 0.2) is 41.5 Å². The summed E-state index contributed by atoms with van der Waals surface area (Å²) < 4.78 is 44.8. The van der Waals surface area contributed by atoms with Gasteiger partial charge in [0.2, 0.25) is 5.75 Å². The van der Waals surface area contributed by atoms with Crippen molar-refractivity contribution in [2.45, 2.75) is 6.61 Å². The Labute approximate surface area is 166 Å².